The number of benzene rings is 2. The Bertz CT molecular complexity index is 999. The van der Waals surface area contributed by atoms with Gasteiger partial charge in [0.1, 0.15) is 11.5 Å². The van der Waals surface area contributed by atoms with Gasteiger partial charge in [0.05, 0.1) is 12.5 Å². The maximum atomic E-state index is 12.4. The van der Waals surface area contributed by atoms with Gasteiger partial charge in [0.15, 0.2) is 6.61 Å². The van der Waals surface area contributed by atoms with Gasteiger partial charge in [-0.05, 0) is 60.2 Å². The third kappa shape index (κ3) is 14.5. The molecular formula is C33H49BrN2O3S. The van der Waals surface area contributed by atoms with E-state index in [0.717, 1.165) is 36.9 Å². The van der Waals surface area contributed by atoms with E-state index in [1.807, 2.05) is 54.2 Å². The minimum absolute atomic E-state index is 0. The second-order valence-corrected chi connectivity index (χ2v) is 11.7. The van der Waals surface area contributed by atoms with Crippen LogP contribution in [0.4, 0.5) is 5.69 Å². The molecule has 0 fully saturated rings. The topological polar surface area (TPSA) is 50.8 Å². The lowest BCUT2D eigenvalue weighted by atomic mass is 10.1. The van der Waals surface area contributed by atoms with Crippen molar-refractivity contribution in [1.29, 1.82) is 0 Å². The molecule has 0 bridgehead atoms. The Morgan fingerprint density at radius 3 is 2.05 bits per heavy atom. The summed E-state index contributed by atoms with van der Waals surface area (Å²) >= 11 is 1.85. The molecule has 2 aromatic rings. The molecule has 0 atom stereocenters. The normalized spacial score (nSPS) is 12.6. The van der Waals surface area contributed by atoms with Crippen LogP contribution in [0.5, 0.6) is 11.5 Å². The van der Waals surface area contributed by atoms with Crippen LogP contribution in [0.2, 0.25) is 0 Å². The van der Waals surface area contributed by atoms with Gasteiger partial charge < -0.3 is 19.7 Å². The first kappa shape index (κ1) is 34.1. The van der Waals surface area contributed by atoms with Gasteiger partial charge in [-0.2, -0.15) is 0 Å². The van der Waals surface area contributed by atoms with Crippen molar-refractivity contribution < 1.29 is 14.3 Å². The van der Waals surface area contributed by atoms with Crippen molar-refractivity contribution in [2.24, 2.45) is 0 Å². The first-order valence-corrected chi connectivity index (χ1v) is 15.9. The Hall–Kier alpha value is -2.12. The first-order chi connectivity index (χ1) is 19.1. The molecule has 0 spiro atoms. The Morgan fingerprint density at radius 2 is 1.45 bits per heavy atom. The van der Waals surface area contributed by atoms with E-state index in [9.17, 15) is 4.79 Å². The number of nitrogens with one attached hydrogen (secondary N) is 1. The van der Waals surface area contributed by atoms with E-state index in [1.165, 1.54) is 81.1 Å². The minimum Gasteiger partial charge on any atom is -0.494 e. The second-order valence-electron chi connectivity index (χ2n) is 10.5. The highest BCUT2D eigenvalue weighted by molar-refractivity contribution is 8.93. The summed E-state index contributed by atoms with van der Waals surface area (Å²) in [7, 11) is 0. The van der Waals surface area contributed by atoms with Crippen molar-refractivity contribution in [2.75, 3.05) is 24.4 Å². The third-order valence-electron chi connectivity index (χ3n) is 6.88. The number of halogens is 1. The predicted octanol–water partition coefficient (Wildman–Crippen LogP) is 9.73. The number of nitrogens with zero attached hydrogens (tertiary/aromatic N) is 1. The van der Waals surface area contributed by atoms with Crippen LogP contribution in [-0.2, 0) is 11.3 Å². The average Bonchev–Trinajstić information content (AvgIpc) is 3.35. The van der Waals surface area contributed by atoms with Crippen molar-refractivity contribution in [3.05, 3.63) is 65.2 Å². The molecule has 1 N–H and O–H groups in total. The summed E-state index contributed by atoms with van der Waals surface area (Å²) in [6, 6.07) is 15.5. The van der Waals surface area contributed by atoms with E-state index >= 15 is 0 Å². The van der Waals surface area contributed by atoms with Crippen LogP contribution in [0.3, 0.4) is 0 Å². The Labute approximate surface area is 257 Å². The minimum atomic E-state index is -0.174. The number of hydrogen-bond acceptors (Lipinski definition) is 5. The van der Waals surface area contributed by atoms with Crippen LogP contribution < -0.4 is 14.8 Å². The summed E-state index contributed by atoms with van der Waals surface area (Å²) in [5.74, 6) is 2.30. The lowest BCUT2D eigenvalue weighted by Crippen LogP contribution is -2.20. The number of carbonyl (C=O) groups is 1. The molecule has 0 aromatic heterocycles. The highest BCUT2D eigenvalue weighted by Gasteiger charge is 2.11. The van der Waals surface area contributed by atoms with Crippen molar-refractivity contribution in [2.45, 2.75) is 97.4 Å². The number of amides is 1. The summed E-state index contributed by atoms with van der Waals surface area (Å²) in [5.41, 5.74) is 1.95. The first-order valence-electron chi connectivity index (χ1n) is 14.9. The third-order valence-corrected chi connectivity index (χ3v) is 7.90. The number of allylic oxidation sites excluding steroid dienone is 1. The fourth-order valence-electron chi connectivity index (χ4n) is 4.70. The Balaban J connectivity index is 0.00000560. The number of hydrogen-bond donors (Lipinski definition) is 1. The molecule has 2 aromatic carbocycles. The summed E-state index contributed by atoms with van der Waals surface area (Å²) in [6.45, 7) is 5.94. The summed E-state index contributed by atoms with van der Waals surface area (Å²) in [6.07, 6.45) is 18.3. The number of unbranched alkanes of at least 4 members (excludes halogenated alkanes) is 11. The number of ether oxygens (including phenoxy) is 2. The fourth-order valence-corrected chi connectivity index (χ4v) is 5.46. The van der Waals surface area contributed by atoms with E-state index in [2.05, 4.69) is 36.3 Å². The van der Waals surface area contributed by atoms with E-state index in [-0.39, 0.29) is 29.5 Å². The van der Waals surface area contributed by atoms with Crippen LogP contribution in [-0.4, -0.2) is 29.9 Å². The van der Waals surface area contributed by atoms with Crippen LogP contribution in [0, 0.1) is 0 Å². The lowest BCUT2D eigenvalue weighted by molar-refractivity contribution is -0.118. The van der Waals surface area contributed by atoms with Gasteiger partial charge >= 0.3 is 0 Å². The van der Waals surface area contributed by atoms with E-state index in [0.29, 0.717) is 5.75 Å². The number of anilines is 1. The molecule has 40 heavy (non-hydrogen) atoms. The predicted molar refractivity (Wildman–Crippen MR) is 176 cm³/mol. The SMILES string of the molecule is Br.CCCCCCCCCCCCCCOc1ccc(OCC(=O)Nc2cccc(CN3C=C(C)SC3)c2)cc1. The molecule has 0 unspecified atom stereocenters. The molecule has 0 aliphatic carbocycles. The van der Waals surface area contributed by atoms with Crippen LogP contribution >= 0.6 is 28.7 Å². The molecule has 222 valence electrons. The highest BCUT2D eigenvalue weighted by atomic mass is 79.9. The molecule has 0 saturated heterocycles. The zero-order chi connectivity index (χ0) is 27.5. The molecule has 7 heteroatoms. The van der Waals surface area contributed by atoms with Gasteiger partial charge in [0, 0.05) is 18.4 Å². The zero-order valence-electron chi connectivity index (χ0n) is 24.5. The van der Waals surface area contributed by atoms with Gasteiger partial charge in [0.2, 0.25) is 0 Å². The van der Waals surface area contributed by atoms with Crippen LogP contribution in [0.1, 0.15) is 96.5 Å². The maximum Gasteiger partial charge on any atom is 0.262 e. The molecular weight excluding hydrogens is 584 g/mol. The molecule has 1 aliphatic heterocycles. The Morgan fingerprint density at radius 1 is 0.850 bits per heavy atom. The van der Waals surface area contributed by atoms with Crippen molar-refractivity contribution in [3.8, 4) is 11.5 Å². The van der Waals surface area contributed by atoms with Crippen LogP contribution in [0.25, 0.3) is 0 Å². The standard InChI is InChI=1S/C33H48N2O3S.BrH/c1-3-4-5-6-7-8-9-10-11-12-13-14-22-37-31-18-20-32(21-19-31)38-26-33(36)34-30-17-15-16-29(23-30)25-35-24-28(2)39-27-35;/h15-21,23-24H,3-14,22,25-27H2,1-2H3,(H,34,36);1H. The molecule has 5 nitrogen and oxygen atoms in total. The second kappa shape index (κ2) is 20.7. The van der Waals surface area contributed by atoms with Gasteiger partial charge in [-0.15, -0.1) is 28.7 Å². The summed E-state index contributed by atoms with van der Waals surface area (Å²) < 4.78 is 11.6. The van der Waals surface area contributed by atoms with Crippen LogP contribution in [0.15, 0.2) is 59.6 Å². The molecule has 0 saturated carbocycles. The fraction of sp³-hybridized carbons (Fsp3) is 0.545. The zero-order valence-corrected chi connectivity index (χ0v) is 27.0. The van der Waals surface area contributed by atoms with E-state index in [4.69, 9.17) is 9.47 Å². The molecule has 1 aliphatic rings. The van der Waals surface area contributed by atoms with Gasteiger partial charge in [-0.1, -0.05) is 89.7 Å². The van der Waals surface area contributed by atoms with Crippen molar-refractivity contribution in [1.82, 2.24) is 4.90 Å². The molecule has 1 amide bonds. The molecule has 1 heterocycles. The number of rotatable bonds is 20. The molecule has 3 rings (SSSR count). The van der Waals surface area contributed by atoms with Crippen molar-refractivity contribution in [3.63, 3.8) is 0 Å². The average molecular weight is 634 g/mol. The van der Waals surface area contributed by atoms with Crippen molar-refractivity contribution >= 4 is 40.3 Å². The van der Waals surface area contributed by atoms with E-state index in [1.54, 1.807) is 0 Å². The van der Waals surface area contributed by atoms with E-state index < -0.39 is 0 Å². The largest absolute Gasteiger partial charge is 0.494 e. The number of carbonyl (C=O) groups excluding carboxylic acids is 1. The monoisotopic (exact) mass is 632 g/mol. The number of thioether (sulfide) groups is 1. The smallest absolute Gasteiger partial charge is 0.262 e. The quantitative estimate of drug-likeness (QED) is 0.147. The van der Waals surface area contributed by atoms with Gasteiger partial charge in [0.25, 0.3) is 5.91 Å². The highest BCUT2D eigenvalue weighted by Crippen LogP contribution is 2.26. The lowest BCUT2D eigenvalue weighted by Gasteiger charge is -2.15. The van der Waals surface area contributed by atoms with Gasteiger partial charge in [-0.3, -0.25) is 4.79 Å². The summed E-state index contributed by atoms with van der Waals surface area (Å²) in [5, 5.41) is 2.94. The Kier molecular flexibility index (Phi) is 17.6. The molecule has 0 radical (unpaired) electrons. The summed E-state index contributed by atoms with van der Waals surface area (Å²) in [4.78, 5) is 16.0. The maximum absolute atomic E-state index is 12.4. The van der Waals surface area contributed by atoms with Gasteiger partial charge in [-0.25, -0.2) is 0 Å².